The fraction of sp³-hybridized carbons (Fsp3) is 0.353. The van der Waals surface area contributed by atoms with Crippen LogP contribution >= 0.6 is 0 Å². The molecular weight excluding hydrogens is 292 g/mol. The molecule has 1 unspecified atom stereocenters. The van der Waals surface area contributed by atoms with Gasteiger partial charge in [0.25, 0.3) is 5.91 Å². The minimum absolute atomic E-state index is 0.0828. The highest BCUT2D eigenvalue weighted by Crippen LogP contribution is 2.19. The lowest BCUT2D eigenvalue weighted by Gasteiger charge is -2.10. The van der Waals surface area contributed by atoms with Crippen LogP contribution in [0.2, 0.25) is 0 Å². The van der Waals surface area contributed by atoms with E-state index < -0.39 is 0 Å². The molecule has 1 amide bonds. The summed E-state index contributed by atoms with van der Waals surface area (Å²) in [6.45, 7) is 2.83. The monoisotopic (exact) mass is 312 g/mol. The first-order valence-corrected chi connectivity index (χ1v) is 7.84. The van der Waals surface area contributed by atoms with Crippen molar-refractivity contribution in [3.05, 3.63) is 48.4 Å². The number of hydrogen-bond acceptors (Lipinski definition) is 5. The highest BCUT2D eigenvalue weighted by atomic mass is 16.5. The van der Waals surface area contributed by atoms with Crippen LogP contribution in [-0.2, 0) is 0 Å². The van der Waals surface area contributed by atoms with Crippen molar-refractivity contribution in [3.8, 4) is 11.6 Å². The molecule has 2 heterocycles. The zero-order chi connectivity index (χ0) is 15.9. The average Bonchev–Trinajstić information content (AvgIpc) is 3.09. The summed E-state index contributed by atoms with van der Waals surface area (Å²) in [6.07, 6.45) is 6.87. The fourth-order valence-electron chi connectivity index (χ4n) is 2.61. The number of benzene rings is 1. The van der Waals surface area contributed by atoms with Gasteiger partial charge in [-0.25, -0.2) is 4.98 Å². The molecule has 120 valence electrons. The van der Waals surface area contributed by atoms with Crippen molar-refractivity contribution >= 4 is 5.91 Å². The predicted octanol–water partition coefficient (Wildman–Crippen LogP) is 2.00. The Labute approximate surface area is 135 Å². The van der Waals surface area contributed by atoms with Gasteiger partial charge >= 0.3 is 0 Å². The highest BCUT2D eigenvalue weighted by molar-refractivity contribution is 5.94. The van der Waals surface area contributed by atoms with Crippen LogP contribution in [0.4, 0.5) is 0 Å². The van der Waals surface area contributed by atoms with Crippen molar-refractivity contribution in [2.75, 3.05) is 19.6 Å². The second kappa shape index (κ2) is 7.69. The molecule has 0 spiro atoms. The number of amides is 1. The van der Waals surface area contributed by atoms with Crippen molar-refractivity contribution in [2.24, 2.45) is 5.92 Å². The molecule has 23 heavy (non-hydrogen) atoms. The second-order valence-corrected chi connectivity index (χ2v) is 5.58. The van der Waals surface area contributed by atoms with Gasteiger partial charge < -0.3 is 15.4 Å². The molecule has 0 radical (unpaired) electrons. The molecule has 1 fully saturated rings. The molecule has 1 aromatic carbocycles. The zero-order valence-electron chi connectivity index (χ0n) is 12.9. The molecule has 6 nitrogen and oxygen atoms in total. The molecular formula is C17H20N4O2. The SMILES string of the molecule is O=C(NCCC1CCNC1)c1cccc(Oc2cnccn2)c1. The number of carbonyl (C=O) groups excluding carboxylic acids is 1. The van der Waals surface area contributed by atoms with E-state index in [0.717, 1.165) is 19.5 Å². The summed E-state index contributed by atoms with van der Waals surface area (Å²) in [5.74, 6) is 1.55. The second-order valence-electron chi connectivity index (χ2n) is 5.58. The Kier molecular flexibility index (Phi) is 5.16. The van der Waals surface area contributed by atoms with Gasteiger partial charge in [0, 0.05) is 24.5 Å². The number of rotatable bonds is 6. The zero-order valence-corrected chi connectivity index (χ0v) is 12.9. The summed E-state index contributed by atoms with van der Waals surface area (Å²) >= 11 is 0. The number of nitrogens with one attached hydrogen (secondary N) is 2. The normalized spacial score (nSPS) is 17.0. The third kappa shape index (κ3) is 4.50. The number of nitrogens with zero attached hydrogens (tertiary/aromatic N) is 2. The highest BCUT2D eigenvalue weighted by Gasteiger charge is 2.14. The van der Waals surface area contributed by atoms with E-state index in [4.69, 9.17) is 4.74 Å². The Morgan fingerprint density at radius 3 is 3.13 bits per heavy atom. The molecule has 6 heteroatoms. The Bertz CT molecular complexity index is 642. The van der Waals surface area contributed by atoms with Crippen LogP contribution in [0.25, 0.3) is 0 Å². The van der Waals surface area contributed by atoms with Crippen LogP contribution in [0, 0.1) is 5.92 Å². The number of carbonyl (C=O) groups is 1. The van der Waals surface area contributed by atoms with Gasteiger partial charge in [-0.1, -0.05) is 6.07 Å². The number of ether oxygens (including phenoxy) is 1. The Morgan fingerprint density at radius 2 is 2.35 bits per heavy atom. The van der Waals surface area contributed by atoms with Gasteiger partial charge in [-0.15, -0.1) is 0 Å². The van der Waals surface area contributed by atoms with Crippen LogP contribution in [-0.4, -0.2) is 35.5 Å². The lowest BCUT2D eigenvalue weighted by atomic mass is 10.1. The maximum Gasteiger partial charge on any atom is 0.251 e. The molecule has 2 aromatic rings. The summed E-state index contributed by atoms with van der Waals surface area (Å²) in [5.41, 5.74) is 0.580. The van der Waals surface area contributed by atoms with Gasteiger partial charge in [0.2, 0.25) is 5.88 Å². The van der Waals surface area contributed by atoms with Crippen molar-refractivity contribution in [3.63, 3.8) is 0 Å². The molecule has 1 aromatic heterocycles. The maximum absolute atomic E-state index is 12.2. The molecule has 1 aliphatic heterocycles. The molecule has 1 saturated heterocycles. The summed E-state index contributed by atoms with van der Waals surface area (Å²) in [5, 5.41) is 6.30. The van der Waals surface area contributed by atoms with E-state index in [2.05, 4.69) is 20.6 Å². The summed E-state index contributed by atoms with van der Waals surface area (Å²) in [6, 6.07) is 7.06. The summed E-state index contributed by atoms with van der Waals surface area (Å²) in [7, 11) is 0. The van der Waals surface area contributed by atoms with Gasteiger partial charge in [-0.2, -0.15) is 0 Å². The summed E-state index contributed by atoms with van der Waals surface area (Å²) in [4.78, 5) is 20.2. The van der Waals surface area contributed by atoms with E-state index in [1.165, 1.54) is 12.6 Å². The molecule has 0 saturated carbocycles. The fourth-order valence-corrected chi connectivity index (χ4v) is 2.61. The van der Waals surface area contributed by atoms with Gasteiger partial charge in [-0.05, 0) is 50.0 Å². The lowest BCUT2D eigenvalue weighted by molar-refractivity contribution is 0.0951. The third-order valence-electron chi connectivity index (χ3n) is 3.86. The molecule has 0 aliphatic carbocycles. The van der Waals surface area contributed by atoms with Crippen LogP contribution in [0.1, 0.15) is 23.2 Å². The Balaban J connectivity index is 1.54. The van der Waals surface area contributed by atoms with Crippen molar-refractivity contribution < 1.29 is 9.53 Å². The first kappa shape index (κ1) is 15.4. The Hall–Kier alpha value is -2.47. The van der Waals surface area contributed by atoms with Gasteiger partial charge in [0.05, 0.1) is 6.20 Å². The quantitative estimate of drug-likeness (QED) is 0.853. The van der Waals surface area contributed by atoms with E-state index in [0.29, 0.717) is 29.7 Å². The lowest BCUT2D eigenvalue weighted by Crippen LogP contribution is -2.26. The van der Waals surface area contributed by atoms with E-state index in [1.54, 1.807) is 36.7 Å². The standard InChI is InChI=1S/C17H20N4O2/c22-17(21-7-5-13-4-6-18-11-13)14-2-1-3-15(10-14)23-16-12-19-8-9-20-16/h1-3,8-10,12-13,18H,4-7,11H2,(H,21,22). The molecule has 2 N–H and O–H groups in total. The van der Waals surface area contributed by atoms with Gasteiger partial charge in [0.1, 0.15) is 5.75 Å². The summed E-state index contributed by atoms with van der Waals surface area (Å²) < 4.78 is 5.59. The average molecular weight is 312 g/mol. The molecule has 3 rings (SSSR count). The van der Waals surface area contributed by atoms with E-state index in [1.807, 2.05) is 0 Å². The minimum atomic E-state index is -0.0828. The van der Waals surface area contributed by atoms with E-state index in [9.17, 15) is 4.79 Å². The topological polar surface area (TPSA) is 76.1 Å². The van der Waals surface area contributed by atoms with Crippen molar-refractivity contribution in [2.45, 2.75) is 12.8 Å². The largest absolute Gasteiger partial charge is 0.437 e. The Morgan fingerprint density at radius 1 is 1.39 bits per heavy atom. The molecule has 1 atom stereocenters. The van der Waals surface area contributed by atoms with Crippen molar-refractivity contribution in [1.29, 1.82) is 0 Å². The van der Waals surface area contributed by atoms with Crippen LogP contribution < -0.4 is 15.4 Å². The van der Waals surface area contributed by atoms with Crippen molar-refractivity contribution in [1.82, 2.24) is 20.6 Å². The minimum Gasteiger partial charge on any atom is -0.437 e. The predicted molar refractivity (Wildman–Crippen MR) is 86.5 cm³/mol. The molecule has 0 bridgehead atoms. The maximum atomic E-state index is 12.2. The van der Waals surface area contributed by atoms with E-state index in [-0.39, 0.29) is 5.91 Å². The first-order chi connectivity index (χ1) is 11.3. The van der Waals surface area contributed by atoms with Gasteiger partial charge in [0.15, 0.2) is 0 Å². The van der Waals surface area contributed by atoms with Crippen LogP contribution in [0.15, 0.2) is 42.9 Å². The molecule has 1 aliphatic rings. The van der Waals surface area contributed by atoms with Gasteiger partial charge in [-0.3, -0.25) is 9.78 Å². The number of aromatic nitrogens is 2. The van der Waals surface area contributed by atoms with E-state index >= 15 is 0 Å². The number of hydrogen-bond donors (Lipinski definition) is 2. The third-order valence-corrected chi connectivity index (χ3v) is 3.86. The first-order valence-electron chi connectivity index (χ1n) is 7.84. The smallest absolute Gasteiger partial charge is 0.251 e. The van der Waals surface area contributed by atoms with Crippen LogP contribution in [0.3, 0.4) is 0 Å². The van der Waals surface area contributed by atoms with Crippen LogP contribution in [0.5, 0.6) is 11.6 Å².